The summed E-state index contributed by atoms with van der Waals surface area (Å²) < 4.78 is 6.47. The number of carbonyl (C=O) groups excluding carboxylic acids is 1. The van der Waals surface area contributed by atoms with Crippen molar-refractivity contribution in [3.63, 3.8) is 0 Å². The van der Waals surface area contributed by atoms with Crippen LogP contribution < -0.4 is 15.6 Å². The lowest BCUT2D eigenvalue weighted by Crippen LogP contribution is -2.30. The monoisotopic (exact) mass is 397 g/mol. The zero-order valence-corrected chi connectivity index (χ0v) is 16.4. The number of aryl methyl sites for hydroxylation is 1. The fourth-order valence-corrected chi connectivity index (χ4v) is 3.04. The number of rotatable bonds is 6. The number of nitrogens with one attached hydrogen (secondary N) is 1. The van der Waals surface area contributed by atoms with E-state index in [2.05, 4.69) is 10.3 Å². The first-order valence-corrected chi connectivity index (χ1v) is 9.19. The van der Waals surface area contributed by atoms with Crippen LogP contribution in [0.15, 0.2) is 59.4 Å². The average molecular weight is 398 g/mol. The van der Waals surface area contributed by atoms with Gasteiger partial charge in [0.15, 0.2) is 0 Å². The lowest BCUT2D eigenvalue weighted by Gasteiger charge is -2.14. The zero-order valence-electron chi connectivity index (χ0n) is 15.6. The van der Waals surface area contributed by atoms with E-state index in [1.807, 2.05) is 37.3 Å². The van der Waals surface area contributed by atoms with Crippen LogP contribution >= 0.6 is 11.6 Å². The van der Waals surface area contributed by atoms with Gasteiger partial charge in [-0.1, -0.05) is 48.9 Å². The first kappa shape index (κ1) is 19.6. The minimum absolute atomic E-state index is 0.163. The van der Waals surface area contributed by atoms with Crippen LogP contribution in [0.2, 0.25) is 5.02 Å². The van der Waals surface area contributed by atoms with E-state index in [0.29, 0.717) is 34.4 Å². The molecule has 0 aliphatic carbocycles. The van der Waals surface area contributed by atoms with Gasteiger partial charge in [-0.05, 0) is 24.6 Å². The molecule has 3 rings (SSSR count). The summed E-state index contributed by atoms with van der Waals surface area (Å²) in [5.74, 6) is 0.626. The average Bonchev–Trinajstić information content (AvgIpc) is 2.70. The molecule has 1 aromatic heterocycles. The second kappa shape index (κ2) is 8.71. The zero-order chi connectivity index (χ0) is 20.1. The molecule has 0 unspecified atom stereocenters. The molecule has 1 N–H and O–H groups in total. The van der Waals surface area contributed by atoms with Crippen LogP contribution in [0.1, 0.15) is 12.6 Å². The molecule has 0 aliphatic heterocycles. The quantitative estimate of drug-likeness (QED) is 0.687. The Hall–Kier alpha value is -3.12. The second-order valence-corrected chi connectivity index (χ2v) is 6.52. The van der Waals surface area contributed by atoms with Crippen molar-refractivity contribution in [2.75, 3.05) is 12.4 Å². The second-order valence-electron chi connectivity index (χ2n) is 6.11. The summed E-state index contributed by atoms with van der Waals surface area (Å²) in [5.41, 5.74) is 1.70. The molecule has 28 heavy (non-hydrogen) atoms. The van der Waals surface area contributed by atoms with Crippen molar-refractivity contribution in [3.05, 3.63) is 75.7 Å². The van der Waals surface area contributed by atoms with Gasteiger partial charge in [-0.2, -0.15) is 0 Å². The number of amides is 1. The predicted molar refractivity (Wildman–Crippen MR) is 110 cm³/mol. The van der Waals surface area contributed by atoms with Crippen molar-refractivity contribution in [2.45, 2.75) is 19.9 Å². The largest absolute Gasteiger partial charge is 0.495 e. The summed E-state index contributed by atoms with van der Waals surface area (Å²) in [6.07, 6.45) is 0.631. The van der Waals surface area contributed by atoms with Gasteiger partial charge in [-0.25, -0.2) is 4.98 Å². The fraction of sp³-hybridized carbons (Fsp3) is 0.190. The maximum absolute atomic E-state index is 12.6. The Morgan fingerprint density at radius 3 is 2.57 bits per heavy atom. The highest BCUT2D eigenvalue weighted by molar-refractivity contribution is 6.32. The number of anilines is 1. The molecule has 2 aromatic carbocycles. The summed E-state index contributed by atoms with van der Waals surface area (Å²) in [5, 5.41) is 3.14. The molecule has 144 valence electrons. The number of halogens is 1. The lowest BCUT2D eigenvalue weighted by atomic mass is 10.2. The van der Waals surface area contributed by atoms with E-state index in [4.69, 9.17) is 16.3 Å². The van der Waals surface area contributed by atoms with Gasteiger partial charge < -0.3 is 10.1 Å². The van der Waals surface area contributed by atoms with Crippen molar-refractivity contribution in [2.24, 2.45) is 0 Å². The molecular weight excluding hydrogens is 378 g/mol. The molecule has 0 saturated heterocycles. The van der Waals surface area contributed by atoms with Crippen molar-refractivity contribution < 1.29 is 9.53 Å². The number of hydrogen-bond acceptors (Lipinski definition) is 4. The van der Waals surface area contributed by atoms with Crippen LogP contribution in [0.3, 0.4) is 0 Å². The van der Waals surface area contributed by atoms with Crippen LogP contribution in [-0.2, 0) is 17.8 Å². The first-order chi connectivity index (χ1) is 13.5. The number of carbonyl (C=O) groups is 1. The van der Waals surface area contributed by atoms with Crippen molar-refractivity contribution in [1.29, 1.82) is 0 Å². The van der Waals surface area contributed by atoms with Gasteiger partial charge in [0.2, 0.25) is 5.91 Å². The summed E-state index contributed by atoms with van der Waals surface area (Å²) in [6, 6.07) is 15.7. The van der Waals surface area contributed by atoms with Gasteiger partial charge in [0.25, 0.3) is 5.56 Å². The van der Waals surface area contributed by atoms with Gasteiger partial charge in [-0.3, -0.25) is 14.2 Å². The van der Waals surface area contributed by atoms with Crippen molar-refractivity contribution in [1.82, 2.24) is 9.55 Å². The Balaban J connectivity index is 1.90. The molecule has 6 nitrogen and oxygen atoms in total. The first-order valence-electron chi connectivity index (χ1n) is 8.81. The summed E-state index contributed by atoms with van der Waals surface area (Å²) in [4.78, 5) is 29.8. The number of nitrogens with zero attached hydrogens (tertiary/aromatic N) is 2. The maximum atomic E-state index is 12.6. The number of hydrogen-bond donors (Lipinski definition) is 1. The summed E-state index contributed by atoms with van der Waals surface area (Å²) in [7, 11) is 1.52. The van der Waals surface area contributed by atoms with E-state index in [-0.39, 0.29) is 18.0 Å². The molecule has 0 aliphatic rings. The van der Waals surface area contributed by atoms with Gasteiger partial charge in [0.1, 0.15) is 18.1 Å². The van der Waals surface area contributed by atoms with E-state index in [1.165, 1.54) is 17.7 Å². The van der Waals surface area contributed by atoms with E-state index in [0.717, 1.165) is 5.56 Å². The molecule has 0 fully saturated rings. The van der Waals surface area contributed by atoms with E-state index in [9.17, 15) is 9.59 Å². The van der Waals surface area contributed by atoms with Gasteiger partial charge in [0, 0.05) is 23.0 Å². The fourth-order valence-electron chi connectivity index (χ4n) is 2.78. The number of ether oxygens (including phenoxy) is 1. The topological polar surface area (TPSA) is 73.2 Å². The lowest BCUT2D eigenvalue weighted by molar-refractivity contribution is -0.116. The SMILES string of the molecule is CCc1cc(=O)n(CC(=O)Nc2ccc(OC)c(Cl)c2)c(-c2ccccc2)n1. The molecule has 7 heteroatoms. The molecule has 3 aromatic rings. The third kappa shape index (κ3) is 4.40. The highest BCUT2D eigenvalue weighted by atomic mass is 35.5. The molecule has 0 bridgehead atoms. The van der Waals surface area contributed by atoms with Crippen LogP contribution in [0.25, 0.3) is 11.4 Å². The molecule has 0 atom stereocenters. The van der Waals surface area contributed by atoms with Crippen LogP contribution in [0.5, 0.6) is 5.75 Å². The van der Waals surface area contributed by atoms with E-state index >= 15 is 0 Å². The van der Waals surface area contributed by atoms with Crippen LogP contribution in [0.4, 0.5) is 5.69 Å². The smallest absolute Gasteiger partial charge is 0.254 e. The highest BCUT2D eigenvalue weighted by Gasteiger charge is 2.14. The molecule has 0 saturated carbocycles. The molecule has 1 heterocycles. The van der Waals surface area contributed by atoms with Gasteiger partial charge >= 0.3 is 0 Å². The standard InChI is InChI=1S/C21H20ClN3O3/c1-3-15-12-20(27)25(21(24-15)14-7-5-4-6-8-14)13-19(26)23-16-9-10-18(28-2)17(22)11-16/h4-12H,3,13H2,1-2H3,(H,23,26). The highest BCUT2D eigenvalue weighted by Crippen LogP contribution is 2.27. The molecular formula is C21H20ClN3O3. The molecule has 0 radical (unpaired) electrons. The van der Waals surface area contributed by atoms with Crippen molar-refractivity contribution >= 4 is 23.2 Å². The Morgan fingerprint density at radius 2 is 1.93 bits per heavy atom. The van der Waals surface area contributed by atoms with Crippen LogP contribution in [-0.4, -0.2) is 22.6 Å². The normalized spacial score (nSPS) is 10.5. The number of benzene rings is 2. The van der Waals surface area contributed by atoms with E-state index < -0.39 is 0 Å². The number of methoxy groups -OCH3 is 1. The Bertz CT molecular complexity index is 1050. The summed E-state index contributed by atoms with van der Waals surface area (Å²) >= 11 is 6.10. The maximum Gasteiger partial charge on any atom is 0.254 e. The molecule has 0 spiro atoms. The Labute approximate surface area is 167 Å². The Morgan fingerprint density at radius 1 is 1.18 bits per heavy atom. The third-order valence-electron chi connectivity index (χ3n) is 4.19. The minimum atomic E-state index is -0.355. The van der Waals surface area contributed by atoms with Crippen LogP contribution in [0, 0.1) is 0 Å². The van der Waals surface area contributed by atoms with Gasteiger partial charge in [-0.15, -0.1) is 0 Å². The minimum Gasteiger partial charge on any atom is -0.495 e. The summed E-state index contributed by atoms with van der Waals surface area (Å²) in [6.45, 7) is 1.77. The Kier molecular flexibility index (Phi) is 6.11. The third-order valence-corrected chi connectivity index (χ3v) is 4.49. The molecule has 1 amide bonds. The van der Waals surface area contributed by atoms with E-state index in [1.54, 1.807) is 18.2 Å². The van der Waals surface area contributed by atoms with Gasteiger partial charge in [0.05, 0.1) is 12.1 Å². The predicted octanol–water partition coefficient (Wildman–Crippen LogP) is 3.77. The van der Waals surface area contributed by atoms with Crippen molar-refractivity contribution in [3.8, 4) is 17.1 Å². The number of aromatic nitrogens is 2.